The quantitative estimate of drug-likeness (QED) is 0.00747. The summed E-state index contributed by atoms with van der Waals surface area (Å²) in [5, 5.41) is 41.4. The van der Waals surface area contributed by atoms with E-state index in [-0.39, 0.29) is 157 Å². The first kappa shape index (κ1) is 111. The summed E-state index contributed by atoms with van der Waals surface area (Å²) in [6, 6.07) is 1.63. The number of hydrogen-bond donors (Lipinski definition) is 10. The van der Waals surface area contributed by atoms with Gasteiger partial charge in [0.2, 0.25) is 30.3 Å². The largest absolute Gasteiger partial charge is 0.697 e. The van der Waals surface area contributed by atoms with Crippen LogP contribution in [0.15, 0.2) is 44.5 Å². The number of aromatic nitrogens is 16. The molecule has 8 aromatic rings. The van der Waals surface area contributed by atoms with Crippen LogP contribution in [0.25, 0.3) is 49.5 Å². The standard InChI is InChI=1S/2C42H61N13O13P2Si/c1-22(2)25(56)17-28-47-34-31(37(58)48-28)45-20-54(34)39-24(5)29-26(66-39)18-64-70(61,62-15-12-13-43)53-30-27(19-65-69(60,52-29)63-16-14-44-9)67-40(33(30)68-71(10,11)42(6,7)8)55-21-46-32-35(55)49-41(51-38(32)59)50-36(57)23(3)4;1-22(2)25(56)17-28-48-34-31(37(58)49-28)46-20-54(34)39-24(5)29(45)26(66-39)19-65-70(61,64-16-12-14-44)53-30-27(18-63-69(60)62-15-11-13-43)67-40(33(30)68-71(9,10)42(6,7)8)55-21-47-32-35(55)50-41(52-38(32)59)51-36(57)23(3)4/h20-24,26-27,29-30,33,39-40H,12,14-19H2,1-8,10-11H3,(H,52,60)(H,53,61)(H,47,48,58)(H2,49,50,51,57,59);20-24,26-27,29-30,33,39-40H,11-12,15-19,45H2,1-10H3,(H3-,48,49,50,51,52,53,57,58,59,61)/p+1/t24-,26-,27-,29+,30-,33-,39-,40-,69?,70?;24-,26-,27-,29+,30-,33-,39-,40-,70?/m11/s1. The van der Waals surface area contributed by atoms with Crippen LogP contribution in [0, 0.1) is 76.1 Å². The number of aromatic amines is 4. The topological polar surface area (TPSA) is 682 Å². The zero-order valence-corrected chi connectivity index (χ0v) is 88.0. The maximum Gasteiger partial charge on any atom is 0.697 e. The molecule has 0 radical (unpaired) electrons. The van der Waals surface area contributed by atoms with E-state index in [0.717, 1.165) is 0 Å². The maximum atomic E-state index is 15.3. The number of nitriles is 3. The number of nitrogens with one attached hydrogen (secondary N) is 9. The van der Waals surface area contributed by atoms with Gasteiger partial charge in [-0.15, -0.1) is 9.05 Å². The number of carbonyl (C=O) groups is 4. The van der Waals surface area contributed by atoms with Crippen molar-refractivity contribution in [3.63, 3.8) is 0 Å². The minimum absolute atomic E-state index is 0.00125. The van der Waals surface area contributed by atoms with Gasteiger partial charge in [0.25, 0.3) is 22.2 Å². The van der Waals surface area contributed by atoms with Crippen molar-refractivity contribution < 1.29 is 101 Å². The SMILES string of the molecule is CC(C)C(=O)Cc1nc2c(ncn2[C@@H]2O[C@H](COP(=O)(N[C@H]3[C@@H](O[Si](C)(C)C(C)(C)C)[C@H](n4cnc5c(=O)[nH]c(NC(=O)C(C)C)nc54)O[C@@H]3CO[P+](=O)OCCC#N)OCCC#N)[C@@H](N)[C@H]2C)c(=O)[nH]1.[C-]#[N+]CCOP1(=O)N[C@H]2[C@@H](C)[C@H](n3cnc4c(=O)[nH]c(CC(=O)C(C)C)nc43)O[C@@H]2COP(=O)(OCCC#N)N[C@H]2[C@@H](O[Si](C)(C)C(C)(C)C)[C@H](n3cnc4c(=O)[nH]c(NC(=O)C(C)C)nc43)O[C@@H]2CO1. The maximum absolute atomic E-state index is 15.3. The lowest BCUT2D eigenvalue weighted by molar-refractivity contribution is -0.122. The number of carbonyl (C=O) groups excluding carboxylic acids is 4. The van der Waals surface area contributed by atoms with Gasteiger partial charge in [-0.2, -0.15) is 25.8 Å². The van der Waals surface area contributed by atoms with Gasteiger partial charge in [0, 0.05) is 46.1 Å². The molecule has 5 fully saturated rings. The molecule has 2 amide bonds. The number of nitrogens with zero attached hydrogens (tertiary/aromatic N) is 16. The van der Waals surface area contributed by atoms with Crippen molar-refractivity contribution in [3.05, 3.63) is 89.8 Å². The second-order valence-electron chi connectivity index (χ2n) is 39.1. The Morgan fingerprint density at radius 2 is 0.972 bits per heavy atom. The third-order valence-corrected chi connectivity index (χ3v) is 40.0. The minimum Gasteiger partial charge on any atom is -0.408 e. The van der Waals surface area contributed by atoms with Crippen LogP contribution in [0.4, 0.5) is 11.9 Å². The van der Waals surface area contributed by atoms with Gasteiger partial charge in [-0.3, -0.25) is 104 Å². The molecule has 5 aliphatic heterocycles. The Labute approximate surface area is 818 Å². The summed E-state index contributed by atoms with van der Waals surface area (Å²) >= 11 is 0. The van der Waals surface area contributed by atoms with Gasteiger partial charge in [0.05, 0.1) is 133 Å². The Bertz CT molecular complexity index is 6530. The van der Waals surface area contributed by atoms with Crippen molar-refractivity contribution in [1.29, 1.82) is 15.8 Å². The van der Waals surface area contributed by atoms with E-state index in [1.54, 1.807) is 73.8 Å². The van der Waals surface area contributed by atoms with Crippen LogP contribution < -0.4 is 53.9 Å². The summed E-state index contributed by atoms with van der Waals surface area (Å²) in [4.78, 5) is 153. The van der Waals surface area contributed by atoms with Gasteiger partial charge in [-0.25, -0.2) is 65.4 Å². The number of nitrogens with two attached hydrogens (primary N) is 1. The van der Waals surface area contributed by atoms with E-state index in [1.807, 2.05) is 85.9 Å². The molecule has 772 valence electrons. The van der Waals surface area contributed by atoms with E-state index in [2.05, 4.69) is 90.5 Å². The van der Waals surface area contributed by atoms with E-state index in [1.165, 1.54) is 39.0 Å². The second-order valence-corrected chi connectivity index (χ2v) is 54.9. The molecule has 13 heterocycles. The van der Waals surface area contributed by atoms with Gasteiger partial charge in [-0.05, 0) is 36.3 Å². The molecule has 0 bridgehead atoms. The van der Waals surface area contributed by atoms with Crippen molar-refractivity contribution in [1.82, 2.24) is 93.3 Å². The van der Waals surface area contributed by atoms with Crippen molar-refractivity contribution in [3.8, 4) is 18.2 Å². The first-order valence-electron chi connectivity index (χ1n) is 46.2. The molecule has 58 heteroatoms. The van der Waals surface area contributed by atoms with Crippen LogP contribution in [-0.4, -0.2) is 238 Å². The number of hydrogen-bond acceptors (Lipinski definition) is 38. The summed E-state index contributed by atoms with van der Waals surface area (Å²) in [6.07, 6.45) is -6.49. The number of ketones is 2. The smallest absolute Gasteiger partial charge is 0.408 e. The third kappa shape index (κ3) is 25.6. The highest BCUT2D eigenvalue weighted by Gasteiger charge is 2.59. The van der Waals surface area contributed by atoms with Gasteiger partial charge >= 0.3 is 31.5 Å². The molecule has 52 nitrogen and oxygen atoms in total. The van der Waals surface area contributed by atoms with Gasteiger partial charge in [-0.1, -0.05) is 111 Å². The lowest BCUT2D eigenvalue weighted by Crippen LogP contribution is -2.53. The Kier molecular flexibility index (Phi) is 35.8. The van der Waals surface area contributed by atoms with E-state index in [0.29, 0.717) is 0 Å². The lowest BCUT2D eigenvalue weighted by atomic mass is 10.00. The molecule has 13 rings (SSSR count). The highest BCUT2D eigenvalue weighted by Crippen LogP contribution is 2.56. The van der Waals surface area contributed by atoms with E-state index >= 15 is 13.7 Å². The van der Waals surface area contributed by atoms with Crippen molar-refractivity contribution in [2.24, 2.45) is 41.2 Å². The van der Waals surface area contributed by atoms with Crippen LogP contribution in [0.1, 0.15) is 167 Å². The number of amides is 2. The van der Waals surface area contributed by atoms with Crippen LogP contribution in [-0.2, 0) is 114 Å². The molecule has 8 aromatic heterocycles. The number of ether oxygens (including phenoxy) is 4. The van der Waals surface area contributed by atoms with E-state index in [4.69, 9.17) is 81.6 Å². The zero-order valence-electron chi connectivity index (χ0n) is 82.4. The van der Waals surface area contributed by atoms with Crippen LogP contribution in [0.5, 0.6) is 0 Å². The summed E-state index contributed by atoms with van der Waals surface area (Å²) in [5.41, 5.74) is 4.32. The average Bonchev–Trinajstić information content (AvgIpc) is 1.60. The molecule has 11 N–H and O–H groups in total. The Balaban J connectivity index is 0.000000254. The first-order valence-corrected chi connectivity index (χ1v) is 57.7. The molecule has 20 atom stereocenters. The molecule has 5 aliphatic rings. The molecule has 0 aromatic carbocycles. The zero-order chi connectivity index (χ0) is 104. The summed E-state index contributed by atoms with van der Waals surface area (Å²) < 4.78 is 153. The number of fused-ring (bicyclic) bond motifs is 6. The highest BCUT2D eigenvalue weighted by atomic mass is 31.2. The Hall–Kier alpha value is -9.86. The Morgan fingerprint density at radius 3 is 1.44 bits per heavy atom. The number of Topliss-reactive ketones (excluding diaryl/α,β-unsaturated/α-hetero) is 2. The van der Waals surface area contributed by atoms with Gasteiger partial charge < -0.3 is 48.3 Å². The number of anilines is 2. The fraction of sp³-hybridized carbons (Fsp3) is 0.667. The normalized spacial score (nSPS) is 26.2. The first-order chi connectivity index (χ1) is 66.8. The summed E-state index contributed by atoms with van der Waals surface area (Å²) in [6.45, 7) is 41.2. The molecule has 5 saturated heterocycles. The van der Waals surface area contributed by atoms with Gasteiger partial charge in [0.1, 0.15) is 86.0 Å². The van der Waals surface area contributed by atoms with Crippen molar-refractivity contribution in [2.75, 3.05) is 70.0 Å². The molecule has 0 saturated carbocycles. The van der Waals surface area contributed by atoms with Crippen molar-refractivity contribution >= 4 is 128 Å². The number of rotatable bonds is 38. The molecule has 0 aliphatic carbocycles. The second kappa shape index (κ2) is 45.8. The lowest BCUT2D eigenvalue weighted by Gasteiger charge is -2.41. The minimum atomic E-state index is -4.62. The Morgan fingerprint density at radius 1 is 0.563 bits per heavy atom. The van der Waals surface area contributed by atoms with E-state index < -0.39 is 228 Å². The fourth-order valence-corrected chi connectivity index (χ4v) is 23.2. The number of imidazole rings is 4. The van der Waals surface area contributed by atoms with E-state index in [9.17, 15) is 53.4 Å². The summed E-state index contributed by atoms with van der Waals surface area (Å²) in [5.74, 6) is -3.84. The van der Waals surface area contributed by atoms with Crippen molar-refractivity contribution in [2.45, 2.75) is 265 Å². The predicted octanol–water partition coefficient (Wildman–Crippen LogP) is 8.86. The van der Waals surface area contributed by atoms with Crippen LogP contribution in [0.3, 0.4) is 0 Å². The summed E-state index contributed by atoms with van der Waals surface area (Å²) in [7, 11) is -22.2. The monoisotopic (exact) mass is 2090 g/mol. The number of H-pyrrole nitrogens is 4. The average molecular weight is 2090 g/mol. The van der Waals surface area contributed by atoms with Crippen LogP contribution >= 0.6 is 31.5 Å². The molecular weight excluding hydrogens is 1970 g/mol. The molecular formula is C84H123N26O26P4Si2+. The molecule has 4 unspecified atom stereocenters. The van der Waals surface area contributed by atoms with Gasteiger partial charge in [0.15, 0.2) is 73.7 Å². The predicted molar refractivity (Wildman–Crippen MR) is 514 cm³/mol. The molecule has 142 heavy (non-hydrogen) atoms. The third-order valence-electron chi connectivity index (χ3n) is 25.4. The fourth-order valence-electron chi connectivity index (χ4n) is 15.2. The highest BCUT2D eigenvalue weighted by molar-refractivity contribution is 7.52. The molecule has 0 spiro atoms. The van der Waals surface area contributed by atoms with Crippen LogP contribution in [0.2, 0.25) is 36.3 Å².